The van der Waals surface area contributed by atoms with Crippen LogP contribution in [0, 0.1) is 0 Å². The van der Waals surface area contributed by atoms with Gasteiger partial charge in [0.2, 0.25) is 0 Å². The minimum Gasteiger partial charge on any atom is -0.476 e. The lowest BCUT2D eigenvalue weighted by atomic mass is 9.86. The number of anilines is 1. The highest BCUT2D eigenvalue weighted by atomic mass is 16.4. The molecule has 1 N–H and O–H groups in total. The Labute approximate surface area is 135 Å². The van der Waals surface area contributed by atoms with Crippen LogP contribution >= 0.6 is 0 Å². The van der Waals surface area contributed by atoms with Gasteiger partial charge in [0.25, 0.3) is 0 Å². The zero-order chi connectivity index (χ0) is 16.4. The highest BCUT2D eigenvalue weighted by molar-refractivity contribution is 5.86. The van der Waals surface area contributed by atoms with Gasteiger partial charge >= 0.3 is 5.97 Å². The standard InChI is InChI=1S/C17H22N4O2/c1-20(2)13-8-10-14(11-9-13)21-16(12-6-4-3-5-7-12)15(17(22)23)18-19-21/h8-12H,3-7H2,1-2H3,(H,22,23). The average Bonchev–Trinajstić information content (AvgIpc) is 3.01. The van der Waals surface area contributed by atoms with E-state index in [-0.39, 0.29) is 11.6 Å². The topological polar surface area (TPSA) is 71.2 Å². The molecule has 0 bridgehead atoms. The predicted molar refractivity (Wildman–Crippen MR) is 88.5 cm³/mol. The summed E-state index contributed by atoms with van der Waals surface area (Å²) >= 11 is 0. The van der Waals surface area contributed by atoms with E-state index in [0.29, 0.717) is 0 Å². The fourth-order valence-electron chi connectivity index (χ4n) is 3.27. The molecular formula is C17H22N4O2. The van der Waals surface area contributed by atoms with Crippen molar-refractivity contribution in [1.29, 1.82) is 0 Å². The molecule has 3 rings (SSSR count). The summed E-state index contributed by atoms with van der Waals surface area (Å²) in [4.78, 5) is 13.6. The van der Waals surface area contributed by atoms with Crippen LogP contribution in [0.25, 0.3) is 5.69 Å². The van der Waals surface area contributed by atoms with E-state index in [1.165, 1.54) is 6.42 Å². The summed E-state index contributed by atoms with van der Waals surface area (Å²) in [5.41, 5.74) is 2.78. The fourth-order valence-corrected chi connectivity index (χ4v) is 3.27. The van der Waals surface area contributed by atoms with Gasteiger partial charge in [0.1, 0.15) is 0 Å². The summed E-state index contributed by atoms with van der Waals surface area (Å²) < 4.78 is 1.71. The van der Waals surface area contributed by atoms with Gasteiger partial charge in [0.15, 0.2) is 5.69 Å². The number of carbonyl (C=O) groups is 1. The van der Waals surface area contributed by atoms with Gasteiger partial charge in [0.05, 0.1) is 11.4 Å². The molecular weight excluding hydrogens is 292 g/mol. The van der Waals surface area contributed by atoms with Crippen LogP contribution in [-0.2, 0) is 0 Å². The number of carboxylic acids is 1. The summed E-state index contributed by atoms with van der Waals surface area (Å²) in [6, 6.07) is 7.92. The Hall–Kier alpha value is -2.37. The van der Waals surface area contributed by atoms with Crippen molar-refractivity contribution in [1.82, 2.24) is 15.0 Å². The quantitative estimate of drug-likeness (QED) is 0.939. The molecule has 1 aromatic heterocycles. The maximum atomic E-state index is 11.5. The van der Waals surface area contributed by atoms with Gasteiger partial charge in [-0.2, -0.15) is 0 Å². The SMILES string of the molecule is CN(C)c1ccc(-n2nnc(C(=O)O)c2C2CCCCC2)cc1. The molecule has 1 aliphatic carbocycles. The Morgan fingerprint density at radius 2 is 1.83 bits per heavy atom. The molecule has 1 aliphatic rings. The fraction of sp³-hybridized carbons (Fsp3) is 0.471. The Morgan fingerprint density at radius 3 is 2.39 bits per heavy atom. The lowest BCUT2D eigenvalue weighted by Gasteiger charge is -2.22. The average molecular weight is 314 g/mol. The molecule has 1 heterocycles. The minimum atomic E-state index is -0.998. The Morgan fingerprint density at radius 1 is 1.17 bits per heavy atom. The van der Waals surface area contributed by atoms with Crippen LogP contribution in [-0.4, -0.2) is 40.2 Å². The number of carboxylic acid groups (broad SMARTS) is 1. The molecule has 6 heteroatoms. The normalized spacial score (nSPS) is 15.6. The Balaban J connectivity index is 2.02. The second-order valence-electron chi connectivity index (χ2n) is 6.29. The van der Waals surface area contributed by atoms with Crippen molar-refractivity contribution in [2.45, 2.75) is 38.0 Å². The number of nitrogens with zero attached hydrogens (tertiary/aromatic N) is 4. The second kappa shape index (κ2) is 6.40. The van der Waals surface area contributed by atoms with Gasteiger partial charge in [-0.1, -0.05) is 24.5 Å². The van der Waals surface area contributed by atoms with E-state index in [4.69, 9.17) is 0 Å². The summed E-state index contributed by atoms with van der Waals surface area (Å²) in [5.74, 6) is -0.778. The number of hydrogen-bond acceptors (Lipinski definition) is 4. The van der Waals surface area contributed by atoms with Crippen LogP contribution < -0.4 is 4.90 Å². The van der Waals surface area contributed by atoms with E-state index in [2.05, 4.69) is 10.3 Å². The largest absolute Gasteiger partial charge is 0.476 e. The lowest BCUT2D eigenvalue weighted by Crippen LogP contribution is -2.15. The van der Waals surface area contributed by atoms with Gasteiger partial charge in [-0.15, -0.1) is 5.10 Å². The molecule has 23 heavy (non-hydrogen) atoms. The Kier molecular flexibility index (Phi) is 4.32. The van der Waals surface area contributed by atoms with E-state index in [0.717, 1.165) is 42.8 Å². The number of benzene rings is 1. The third-order valence-electron chi connectivity index (χ3n) is 4.51. The number of hydrogen-bond donors (Lipinski definition) is 1. The molecule has 0 aliphatic heterocycles. The molecule has 0 saturated heterocycles. The molecule has 0 spiro atoms. The van der Waals surface area contributed by atoms with Crippen molar-refractivity contribution in [3.05, 3.63) is 35.7 Å². The zero-order valence-corrected chi connectivity index (χ0v) is 13.6. The highest BCUT2D eigenvalue weighted by Crippen LogP contribution is 2.35. The van der Waals surface area contributed by atoms with Crippen LogP contribution in [0.3, 0.4) is 0 Å². The lowest BCUT2D eigenvalue weighted by molar-refractivity contribution is 0.0688. The molecule has 0 amide bonds. The first-order chi connectivity index (χ1) is 11.1. The summed E-state index contributed by atoms with van der Waals surface area (Å²) in [5, 5.41) is 17.5. The smallest absolute Gasteiger partial charge is 0.358 e. The van der Waals surface area contributed by atoms with Crippen molar-refractivity contribution in [3.63, 3.8) is 0 Å². The molecule has 6 nitrogen and oxygen atoms in total. The highest BCUT2D eigenvalue weighted by Gasteiger charge is 2.28. The van der Waals surface area contributed by atoms with Crippen LogP contribution in [0.1, 0.15) is 54.2 Å². The van der Waals surface area contributed by atoms with Gasteiger partial charge in [0, 0.05) is 25.7 Å². The Bertz CT molecular complexity index is 685. The van der Waals surface area contributed by atoms with E-state index >= 15 is 0 Å². The first-order valence-electron chi connectivity index (χ1n) is 8.04. The molecule has 0 unspecified atom stereocenters. The first kappa shape index (κ1) is 15.5. The van der Waals surface area contributed by atoms with Crippen molar-refractivity contribution >= 4 is 11.7 Å². The van der Waals surface area contributed by atoms with Gasteiger partial charge in [-0.25, -0.2) is 9.48 Å². The number of aromatic carboxylic acids is 1. The molecule has 2 aromatic rings. The third-order valence-corrected chi connectivity index (χ3v) is 4.51. The summed E-state index contributed by atoms with van der Waals surface area (Å²) in [6.45, 7) is 0. The van der Waals surface area contributed by atoms with Crippen LogP contribution in [0.2, 0.25) is 0 Å². The van der Waals surface area contributed by atoms with E-state index in [1.54, 1.807) is 4.68 Å². The van der Waals surface area contributed by atoms with Crippen molar-refractivity contribution in [2.24, 2.45) is 0 Å². The number of aromatic nitrogens is 3. The third kappa shape index (κ3) is 3.06. The molecule has 1 aromatic carbocycles. The van der Waals surface area contributed by atoms with E-state index < -0.39 is 5.97 Å². The van der Waals surface area contributed by atoms with Crippen LogP contribution in [0.4, 0.5) is 5.69 Å². The molecule has 1 fully saturated rings. The molecule has 1 saturated carbocycles. The van der Waals surface area contributed by atoms with Gasteiger partial charge < -0.3 is 10.0 Å². The number of rotatable bonds is 4. The van der Waals surface area contributed by atoms with Crippen LogP contribution in [0.5, 0.6) is 0 Å². The van der Waals surface area contributed by atoms with Gasteiger partial charge in [-0.3, -0.25) is 0 Å². The summed E-state index contributed by atoms with van der Waals surface area (Å²) in [7, 11) is 3.97. The molecule has 0 atom stereocenters. The van der Waals surface area contributed by atoms with Crippen molar-refractivity contribution < 1.29 is 9.90 Å². The molecule has 122 valence electrons. The van der Waals surface area contributed by atoms with Crippen molar-refractivity contribution in [2.75, 3.05) is 19.0 Å². The predicted octanol–water partition coefficient (Wildman–Crippen LogP) is 3.08. The van der Waals surface area contributed by atoms with E-state index in [1.807, 2.05) is 43.3 Å². The van der Waals surface area contributed by atoms with Crippen molar-refractivity contribution in [3.8, 4) is 5.69 Å². The maximum absolute atomic E-state index is 11.5. The first-order valence-corrected chi connectivity index (χ1v) is 8.04. The monoisotopic (exact) mass is 314 g/mol. The zero-order valence-electron chi connectivity index (χ0n) is 13.6. The van der Waals surface area contributed by atoms with E-state index in [9.17, 15) is 9.90 Å². The summed E-state index contributed by atoms with van der Waals surface area (Å²) in [6.07, 6.45) is 5.49. The minimum absolute atomic E-state index is 0.0913. The maximum Gasteiger partial charge on any atom is 0.358 e. The molecule has 0 radical (unpaired) electrons. The second-order valence-corrected chi connectivity index (χ2v) is 6.29. The van der Waals surface area contributed by atoms with Crippen LogP contribution in [0.15, 0.2) is 24.3 Å². The van der Waals surface area contributed by atoms with Gasteiger partial charge in [-0.05, 0) is 37.1 Å².